The summed E-state index contributed by atoms with van der Waals surface area (Å²) in [6, 6.07) is 0. The molecule has 134 valence electrons. The average Bonchev–Trinajstić information content (AvgIpc) is 2.87. The molecule has 2 fully saturated rings. The summed E-state index contributed by atoms with van der Waals surface area (Å²) in [5.74, 6) is 1.57. The summed E-state index contributed by atoms with van der Waals surface area (Å²) >= 11 is 0. The molecule has 0 aliphatic heterocycles. The van der Waals surface area contributed by atoms with E-state index in [0.29, 0.717) is 10.8 Å². The smallest absolute Gasteiger partial charge is 0.0281 e. The molecule has 0 saturated heterocycles. The first-order chi connectivity index (χ1) is 11.8. The van der Waals surface area contributed by atoms with Crippen molar-refractivity contribution in [2.24, 2.45) is 28.1 Å². The van der Waals surface area contributed by atoms with Gasteiger partial charge in [0.1, 0.15) is 0 Å². The lowest BCUT2D eigenvalue weighted by Gasteiger charge is -2.55. The first-order valence-corrected chi connectivity index (χ1v) is 10.2. The lowest BCUT2D eigenvalue weighted by atomic mass is 9.49. The number of fused-ring (bicyclic) bond motifs is 5. The lowest BCUT2D eigenvalue weighted by Crippen LogP contribution is -2.46. The summed E-state index contributed by atoms with van der Waals surface area (Å²) in [6.07, 6.45) is 17.3. The van der Waals surface area contributed by atoms with E-state index in [0.717, 1.165) is 18.3 Å². The molecular weight excluding hydrogens is 300 g/mol. The number of rotatable bonds is 2. The zero-order chi connectivity index (χ0) is 18.0. The van der Waals surface area contributed by atoms with Gasteiger partial charge >= 0.3 is 0 Å². The van der Waals surface area contributed by atoms with Crippen molar-refractivity contribution < 1.29 is 0 Å². The van der Waals surface area contributed by atoms with E-state index in [2.05, 4.69) is 65.2 Å². The van der Waals surface area contributed by atoms with Crippen LogP contribution in [0.25, 0.3) is 0 Å². The fourth-order valence-electron chi connectivity index (χ4n) is 6.82. The zero-order valence-electron chi connectivity index (χ0n) is 16.6. The van der Waals surface area contributed by atoms with E-state index >= 15 is 0 Å². The van der Waals surface area contributed by atoms with E-state index in [1.165, 1.54) is 43.3 Å². The monoisotopic (exact) mass is 334 g/mol. The van der Waals surface area contributed by atoms with Gasteiger partial charge in [-0.2, -0.15) is 0 Å². The highest BCUT2D eigenvalue weighted by Gasteiger charge is 2.60. The van der Waals surface area contributed by atoms with E-state index in [9.17, 15) is 0 Å². The van der Waals surface area contributed by atoms with Crippen LogP contribution in [0.3, 0.4) is 0 Å². The largest absolute Gasteiger partial charge is 0.0993 e. The molecule has 2 saturated carbocycles. The van der Waals surface area contributed by atoms with Crippen LogP contribution >= 0.6 is 0 Å². The quantitative estimate of drug-likeness (QED) is 0.469. The highest BCUT2D eigenvalue weighted by atomic mass is 14.6. The van der Waals surface area contributed by atoms with Crippen molar-refractivity contribution >= 4 is 0 Å². The third-order valence-electron chi connectivity index (χ3n) is 8.85. The van der Waals surface area contributed by atoms with Crippen LogP contribution in [-0.2, 0) is 0 Å². The van der Waals surface area contributed by atoms with Crippen molar-refractivity contribution in [1.29, 1.82) is 0 Å². The second-order valence-electron chi connectivity index (χ2n) is 9.64. The van der Waals surface area contributed by atoms with Gasteiger partial charge < -0.3 is 0 Å². The molecule has 0 aromatic carbocycles. The van der Waals surface area contributed by atoms with Gasteiger partial charge in [0, 0.05) is 5.41 Å². The Labute approximate surface area is 154 Å². The van der Waals surface area contributed by atoms with Crippen LogP contribution in [0.5, 0.6) is 0 Å². The molecule has 4 aliphatic rings. The van der Waals surface area contributed by atoms with E-state index in [4.69, 9.17) is 0 Å². The molecule has 4 aliphatic carbocycles. The molecule has 0 nitrogen and oxygen atoms in total. The van der Waals surface area contributed by atoms with E-state index in [-0.39, 0.29) is 5.41 Å². The molecule has 0 bridgehead atoms. The molecule has 0 heterocycles. The van der Waals surface area contributed by atoms with Gasteiger partial charge in [-0.05, 0) is 73.7 Å². The van der Waals surface area contributed by atoms with Gasteiger partial charge in [-0.15, -0.1) is 0 Å². The molecule has 0 aromatic rings. The Balaban J connectivity index is 1.77. The Morgan fingerprint density at radius 2 is 2.00 bits per heavy atom. The lowest BCUT2D eigenvalue weighted by molar-refractivity contribution is 0.0525. The third kappa shape index (κ3) is 2.06. The highest BCUT2D eigenvalue weighted by Crippen LogP contribution is 2.69. The van der Waals surface area contributed by atoms with Crippen molar-refractivity contribution in [3.8, 4) is 0 Å². The minimum Gasteiger partial charge on any atom is -0.0993 e. The van der Waals surface area contributed by atoms with Crippen LogP contribution in [0.1, 0.15) is 66.2 Å². The predicted octanol–water partition coefficient (Wildman–Crippen LogP) is 7.17. The Morgan fingerprint density at radius 3 is 2.72 bits per heavy atom. The Kier molecular flexibility index (Phi) is 3.67. The number of allylic oxidation sites excluding steroid dienone is 8. The molecule has 0 heteroatoms. The van der Waals surface area contributed by atoms with E-state index < -0.39 is 0 Å². The summed E-state index contributed by atoms with van der Waals surface area (Å²) in [4.78, 5) is 0. The Morgan fingerprint density at radius 1 is 1.24 bits per heavy atom. The van der Waals surface area contributed by atoms with Gasteiger partial charge in [0.15, 0.2) is 0 Å². The fourth-order valence-corrected chi connectivity index (χ4v) is 6.82. The van der Waals surface area contributed by atoms with Crippen molar-refractivity contribution in [3.05, 3.63) is 59.8 Å². The zero-order valence-corrected chi connectivity index (χ0v) is 16.6. The van der Waals surface area contributed by atoms with Gasteiger partial charge in [0.05, 0.1) is 0 Å². The molecule has 4 rings (SSSR count). The van der Waals surface area contributed by atoms with Gasteiger partial charge in [-0.25, -0.2) is 0 Å². The van der Waals surface area contributed by atoms with Crippen LogP contribution in [0.15, 0.2) is 59.8 Å². The van der Waals surface area contributed by atoms with Crippen LogP contribution in [-0.4, -0.2) is 0 Å². The fraction of sp³-hybridized carbons (Fsp3) is 0.600. The molecule has 0 radical (unpaired) electrons. The number of hydrogen-bond acceptors (Lipinski definition) is 0. The van der Waals surface area contributed by atoms with Crippen LogP contribution in [0, 0.1) is 28.1 Å². The summed E-state index contributed by atoms with van der Waals surface area (Å²) in [5, 5.41) is 0. The van der Waals surface area contributed by atoms with Crippen molar-refractivity contribution in [2.75, 3.05) is 0 Å². The minimum atomic E-state index is 0.145. The highest BCUT2D eigenvalue weighted by molar-refractivity contribution is 5.50. The first-order valence-electron chi connectivity index (χ1n) is 10.2. The van der Waals surface area contributed by atoms with Crippen molar-refractivity contribution in [3.63, 3.8) is 0 Å². The van der Waals surface area contributed by atoms with Gasteiger partial charge in [-0.1, -0.05) is 75.0 Å². The Hall–Kier alpha value is -1.30. The van der Waals surface area contributed by atoms with E-state index in [1.54, 1.807) is 11.1 Å². The molecule has 0 N–H and O–H groups in total. The molecule has 0 aromatic heterocycles. The second kappa shape index (κ2) is 5.35. The normalized spacial score (nSPS) is 45.2. The van der Waals surface area contributed by atoms with Gasteiger partial charge in [-0.3, -0.25) is 0 Å². The number of hydrogen-bond donors (Lipinski definition) is 0. The predicted molar refractivity (Wildman–Crippen MR) is 108 cm³/mol. The summed E-state index contributed by atoms with van der Waals surface area (Å²) in [5.41, 5.74) is 6.78. The summed E-state index contributed by atoms with van der Waals surface area (Å²) in [7, 11) is 0. The second-order valence-corrected chi connectivity index (χ2v) is 9.64. The van der Waals surface area contributed by atoms with Crippen molar-refractivity contribution in [2.45, 2.75) is 66.2 Å². The van der Waals surface area contributed by atoms with Crippen molar-refractivity contribution in [1.82, 2.24) is 0 Å². The van der Waals surface area contributed by atoms with Gasteiger partial charge in [0.2, 0.25) is 0 Å². The molecule has 25 heavy (non-hydrogen) atoms. The first kappa shape index (κ1) is 17.1. The molecule has 0 spiro atoms. The maximum absolute atomic E-state index is 4.50. The molecule has 5 atom stereocenters. The SMILES string of the molecule is C=C1C=CC2(C)C(=C1)CCC1C2=CC[C@@]2(C)C1CCC2(C)C(=C)CC. The average molecular weight is 335 g/mol. The summed E-state index contributed by atoms with van der Waals surface area (Å²) in [6.45, 7) is 18.5. The Bertz CT molecular complexity index is 729. The summed E-state index contributed by atoms with van der Waals surface area (Å²) < 4.78 is 0. The van der Waals surface area contributed by atoms with Gasteiger partial charge in [0.25, 0.3) is 0 Å². The molecule has 4 unspecified atom stereocenters. The topological polar surface area (TPSA) is 0 Å². The standard InChI is InChI=1S/C25H34/c1-7-18(3)24(5)14-12-22-20-9-8-19-16-17(2)10-13-23(19,4)21(20)11-15-25(22,24)6/h10-11,13,16,20,22H,2-3,7-9,12,14-15H2,1,4-6H3/t20?,22?,23?,24?,25-/m0/s1. The maximum Gasteiger partial charge on any atom is 0.0281 e. The minimum absolute atomic E-state index is 0.145. The van der Waals surface area contributed by atoms with Crippen LogP contribution < -0.4 is 0 Å². The van der Waals surface area contributed by atoms with Crippen LogP contribution in [0.2, 0.25) is 0 Å². The third-order valence-corrected chi connectivity index (χ3v) is 8.85. The van der Waals surface area contributed by atoms with E-state index in [1.807, 2.05) is 0 Å². The molecular formula is C25H34. The van der Waals surface area contributed by atoms with Crippen LogP contribution in [0.4, 0.5) is 0 Å². The molecule has 0 amide bonds. The maximum atomic E-state index is 4.50.